The van der Waals surface area contributed by atoms with Crippen LogP contribution in [-0.4, -0.2) is 68.2 Å². The fourth-order valence-electron chi connectivity index (χ4n) is 5.05. The second-order valence-corrected chi connectivity index (χ2v) is 11.0. The highest BCUT2D eigenvalue weighted by atomic mass is 19.1. The Kier molecular flexibility index (Phi) is 8.29. The summed E-state index contributed by atoms with van der Waals surface area (Å²) in [6, 6.07) is 10.6. The number of nitrogens with one attached hydrogen (secondary N) is 3. The SMILES string of the molecule is CCCCC(=O)Nc1cncc(-c2cnc3[nH]nc(-c4cc5c(-c6cc(F)cc(OCCN(C)C)c6)cncc5[nH]4)c3c2)c1. The topological polar surface area (TPSA) is 125 Å². The lowest BCUT2D eigenvalue weighted by molar-refractivity contribution is -0.116. The largest absolute Gasteiger partial charge is 0.492 e. The van der Waals surface area contributed by atoms with Gasteiger partial charge in [-0.25, -0.2) is 9.37 Å². The maximum atomic E-state index is 14.7. The summed E-state index contributed by atoms with van der Waals surface area (Å²) in [6.45, 7) is 3.22. The molecule has 0 unspecified atom stereocenters. The van der Waals surface area contributed by atoms with Gasteiger partial charge in [0, 0.05) is 65.1 Å². The number of pyridine rings is 3. The van der Waals surface area contributed by atoms with Crippen molar-refractivity contribution < 1.29 is 13.9 Å². The molecule has 11 heteroatoms. The minimum atomic E-state index is -0.383. The molecule has 0 aliphatic rings. The van der Waals surface area contributed by atoms with Crippen molar-refractivity contribution in [3.8, 4) is 39.4 Å². The number of rotatable bonds is 11. The van der Waals surface area contributed by atoms with Crippen molar-refractivity contribution >= 4 is 33.5 Å². The number of amides is 1. The molecule has 1 aromatic carbocycles. The van der Waals surface area contributed by atoms with E-state index in [2.05, 4.69) is 42.4 Å². The first-order chi connectivity index (χ1) is 21.4. The molecule has 1 amide bonds. The van der Waals surface area contributed by atoms with E-state index in [4.69, 9.17) is 4.74 Å². The van der Waals surface area contributed by atoms with Gasteiger partial charge in [0.05, 0.1) is 29.3 Å². The molecule has 6 rings (SSSR count). The van der Waals surface area contributed by atoms with Gasteiger partial charge in [-0.05, 0) is 56.4 Å². The lowest BCUT2D eigenvalue weighted by atomic mass is 10.0. The second-order valence-electron chi connectivity index (χ2n) is 11.0. The van der Waals surface area contributed by atoms with E-state index >= 15 is 0 Å². The highest BCUT2D eigenvalue weighted by Gasteiger charge is 2.16. The van der Waals surface area contributed by atoms with Crippen molar-refractivity contribution in [2.45, 2.75) is 26.2 Å². The van der Waals surface area contributed by atoms with E-state index in [-0.39, 0.29) is 11.7 Å². The van der Waals surface area contributed by atoms with Crippen LogP contribution in [-0.2, 0) is 4.79 Å². The van der Waals surface area contributed by atoms with E-state index in [0.29, 0.717) is 41.4 Å². The molecule has 10 nitrogen and oxygen atoms in total. The van der Waals surface area contributed by atoms with Crippen LogP contribution < -0.4 is 10.1 Å². The number of fused-ring (bicyclic) bond motifs is 2. The van der Waals surface area contributed by atoms with Gasteiger partial charge in [0.2, 0.25) is 5.91 Å². The molecule has 0 saturated carbocycles. The van der Waals surface area contributed by atoms with Crippen LogP contribution in [0.2, 0.25) is 0 Å². The first kappa shape index (κ1) is 28.9. The van der Waals surface area contributed by atoms with Crippen molar-refractivity contribution in [2.24, 2.45) is 0 Å². The summed E-state index contributed by atoms with van der Waals surface area (Å²) < 4.78 is 20.5. The quantitative estimate of drug-likeness (QED) is 0.158. The fraction of sp³-hybridized carbons (Fsp3) is 0.242. The molecule has 0 bridgehead atoms. The molecular weight excluding hydrogens is 559 g/mol. The van der Waals surface area contributed by atoms with Crippen LogP contribution in [0.5, 0.6) is 5.75 Å². The molecule has 0 aliphatic heterocycles. The molecule has 44 heavy (non-hydrogen) atoms. The Balaban J connectivity index is 1.33. The highest BCUT2D eigenvalue weighted by Crippen LogP contribution is 2.35. The zero-order valence-corrected chi connectivity index (χ0v) is 24.8. The number of likely N-dealkylation sites (N-methyl/N-ethyl adjacent to an activating group) is 1. The van der Waals surface area contributed by atoms with E-state index < -0.39 is 0 Å². The minimum Gasteiger partial charge on any atom is -0.492 e. The highest BCUT2D eigenvalue weighted by molar-refractivity contribution is 6.01. The first-order valence-corrected chi connectivity index (χ1v) is 14.5. The maximum Gasteiger partial charge on any atom is 0.224 e. The van der Waals surface area contributed by atoms with Gasteiger partial charge in [-0.1, -0.05) is 13.3 Å². The average molecular weight is 593 g/mol. The number of aromatic nitrogens is 6. The molecule has 0 fully saturated rings. The Labute approximate surface area is 253 Å². The summed E-state index contributed by atoms with van der Waals surface area (Å²) in [5, 5.41) is 12.2. The lowest BCUT2D eigenvalue weighted by Gasteiger charge is -2.12. The number of carbonyl (C=O) groups is 1. The number of carbonyl (C=O) groups excluding carboxylic acids is 1. The van der Waals surface area contributed by atoms with Gasteiger partial charge in [-0.15, -0.1) is 0 Å². The molecule has 0 radical (unpaired) electrons. The summed E-state index contributed by atoms with van der Waals surface area (Å²) in [5.74, 6) is 0.0483. The van der Waals surface area contributed by atoms with Gasteiger partial charge < -0.3 is 19.9 Å². The Morgan fingerprint density at radius 1 is 0.955 bits per heavy atom. The van der Waals surface area contributed by atoms with Gasteiger partial charge in [-0.3, -0.25) is 19.9 Å². The molecule has 224 valence electrons. The number of hydrogen-bond donors (Lipinski definition) is 3. The second kappa shape index (κ2) is 12.6. The number of nitrogens with zero attached hydrogens (tertiary/aromatic N) is 5. The minimum absolute atomic E-state index is 0.0320. The molecule has 6 aromatic rings. The Morgan fingerprint density at radius 3 is 2.64 bits per heavy atom. The summed E-state index contributed by atoms with van der Waals surface area (Å²) >= 11 is 0. The summed E-state index contributed by atoms with van der Waals surface area (Å²) in [7, 11) is 3.92. The number of hydrogen-bond acceptors (Lipinski definition) is 7. The molecule has 0 spiro atoms. The van der Waals surface area contributed by atoms with Crippen LogP contribution in [0.1, 0.15) is 26.2 Å². The molecule has 0 aliphatic carbocycles. The van der Waals surface area contributed by atoms with Crippen LogP contribution in [0.25, 0.3) is 55.6 Å². The number of benzene rings is 1. The maximum absolute atomic E-state index is 14.7. The molecule has 5 heterocycles. The van der Waals surface area contributed by atoms with E-state index in [1.165, 1.54) is 12.1 Å². The third-order valence-corrected chi connectivity index (χ3v) is 7.32. The number of anilines is 1. The van der Waals surface area contributed by atoms with Crippen molar-refractivity contribution in [1.29, 1.82) is 0 Å². The van der Waals surface area contributed by atoms with Gasteiger partial charge in [0.15, 0.2) is 5.65 Å². The predicted octanol–water partition coefficient (Wildman–Crippen LogP) is 6.44. The molecule has 0 atom stereocenters. The third-order valence-electron chi connectivity index (χ3n) is 7.32. The summed E-state index contributed by atoms with van der Waals surface area (Å²) in [4.78, 5) is 31.0. The van der Waals surface area contributed by atoms with E-state index in [1.54, 1.807) is 31.0 Å². The zero-order valence-electron chi connectivity index (χ0n) is 24.8. The molecule has 3 N–H and O–H groups in total. The lowest BCUT2D eigenvalue weighted by Crippen LogP contribution is -2.19. The number of unbranched alkanes of at least 4 members (excludes halogenated alkanes) is 1. The van der Waals surface area contributed by atoms with E-state index in [1.807, 2.05) is 43.3 Å². The third kappa shape index (κ3) is 6.28. The summed E-state index contributed by atoms with van der Waals surface area (Å²) in [6.07, 6.45) is 10.8. The number of halogens is 1. The van der Waals surface area contributed by atoms with Crippen LogP contribution >= 0.6 is 0 Å². The van der Waals surface area contributed by atoms with Gasteiger partial charge >= 0.3 is 0 Å². The predicted molar refractivity (Wildman–Crippen MR) is 170 cm³/mol. The molecule has 5 aromatic heterocycles. The van der Waals surface area contributed by atoms with Crippen molar-refractivity contribution in [3.05, 3.63) is 73.2 Å². The standard InChI is InChI=1S/C33H33FN8O2/c1-4-5-6-31(43)38-24-10-21(15-35-17-24)22-12-27-32(40-41-33(27)37-16-22)29-14-26-28(18-36-19-30(26)39-29)20-9-23(34)13-25(11-20)44-8-7-42(2)3/h9-19,39H,4-8H2,1-3H3,(H,38,43)(H,37,40,41). The monoisotopic (exact) mass is 592 g/mol. The van der Waals surface area contributed by atoms with Crippen molar-refractivity contribution in [3.63, 3.8) is 0 Å². The van der Waals surface area contributed by atoms with Gasteiger partial charge in [0.1, 0.15) is 23.9 Å². The van der Waals surface area contributed by atoms with E-state index in [0.717, 1.165) is 58.1 Å². The molecular formula is C33H33FN8O2. The smallest absolute Gasteiger partial charge is 0.224 e. The summed E-state index contributed by atoms with van der Waals surface area (Å²) in [5.41, 5.74) is 6.57. The fourth-order valence-corrected chi connectivity index (χ4v) is 5.05. The van der Waals surface area contributed by atoms with Crippen LogP contribution in [0, 0.1) is 5.82 Å². The van der Waals surface area contributed by atoms with Gasteiger partial charge in [-0.2, -0.15) is 5.10 Å². The molecule has 0 saturated heterocycles. The van der Waals surface area contributed by atoms with E-state index in [9.17, 15) is 9.18 Å². The number of ether oxygens (including phenoxy) is 1. The van der Waals surface area contributed by atoms with Crippen LogP contribution in [0.4, 0.5) is 10.1 Å². The number of aromatic amines is 2. The van der Waals surface area contributed by atoms with Crippen molar-refractivity contribution in [1.82, 2.24) is 35.0 Å². The number of H-pyrrole nitrogens is 2. The average Bonchev–Trinajstić information content (AvgIpc) is 3.63. The Morgan fingerprint density at radius 2 is 1.80 bits per heavy atom. The van der Waals surface area contributed by atoms with Crippen LogP contribution in [0.3, 0.4) is 0 Å². The zero-order chi connectivity index (χ0) is 30.6. The van der Waals surface area contributed by atoms with Gasteiger partial charge in [0.25, 0.3) is 0 Å². The Bertz CT molecular complexity index is 1950. The Hall–Kier alpha value is -5.16. The van der Waals surface area contributed by atoms with Crippen molar-refractivity contribution in [2.75, 3.05) is 32.6 Å². The van der Waals surface area contributed by atoms with Crippen LogP contribution in [0.15, 0.2) is 67.4 Å². The first-order valence-electron chi connectivity index (χ1n) is 14.5. The normalized spacial score (nSPS) is 11.5.